The zero-order valence-corrected chi connectivity index (χ0v) is 14.6. The molecule has 0 spiro atoms. The van der Waals surface area contributed by atoms with Gasteiger partial charge in [-0.25, -0.2) is 0 Å². The van der Waals surface area contributed by atoms with Crippen LogP contribution in [-0.2, 0) is 4.74 Å². The number of hydrogen-bond acceptors (Lipinski definition) is 3. The summed E-state index contributed by atoms with van der Waals surface area (Å²) in [6, 6.07) is 4.96. The average molecular weight is 292 g/mol. The molecule has 1 aromatic carbocycles. The molecular formula is C18H32N2O. The van der Waals surface area contributed by atoms with E-state index in [1.54, 1.807) is 7.11 Å². The zero-order valence-electron chi connectivity index (χ0n) is 14.6. The number of nitrogens with zero attached hydrogens (tertiary/aromatic N) is 1. The Hall–Kier alpha value is -0.900. The van der Waals surface area contributed by atoms with Gasteiger partial charge < -0.3 is 10.1 Å². The molecule has 1 rings (SSSR count). The van der Waals surface area contributed by atoms with E-state index in [0.29, 0.717) is 6.04 Å². The van der Waals surface area contributed by atoms with E-state index in [-0.39, 0.29) is 0 Å². The molecule has 0 aliphatic carbocycles. The molecule has 1 unspecified atom stereocenters. The minimum atomic E-state index is 0.382. The van der Waals surface area contributed by atoms with E-state index in [0.717, 1.165) is 32.8 Å². The lowest BCUT2D eigenvalue weighted by Gasteiger charge is -2.29. The first-order valence-electron chi connectivity index (χ1n) is 8.05. The molecule has 0 aromatic heterocycles. The Labute approximate surface area is 130 Å². The molecule has 3 nitrogen and oxygen atoms in total. The molecule has 1 N–H and O–H groups in total. The average Bonchev–Trinajstić information content (AvgIpc) is 2.42. The van der Waals surface area contributed by atoms with Crippen molar-refractivity contribution in [1.29, 1.82) is 0 Å². The number of likely N-dealkylation sites (N-methyl/N-ethyl adjacent to an activating group) is 2. The Balaban J connectivity index is 2.95. The Morgan fingerprint density at radius 1 is 1.14 bits per heavy atom. The highest BCUT2D eigenvalue weighted by molar-refractivity contribution is 5.39. The lowest BCUT2D eigenvalue weighted by Crippen LogP contribution is -2.37. The smallest absolute Gasteiger partial charge is 0.0589 e. The van der Waals surface area contributed by atoms with Crippen LogP contribution < -0.4 is 5.32 Å². The van der Waals surface area contributed by atoms with E-state index in [4.69, 9.17) is 4.74 Å². The van der Waals surface area contributed by atoms with Gasteiger partial charge in [0.15, 0.2) is 0 Å². The van der Waals surface area contributed by atoms with Crippen molar-refractivity contribution in [2.75, 3.05) is 39.9 Å². The van der Waals surface area contributed by atoms with E-state index in [1.165, 1.54) is 22.3 Å². The highest BCUT2D eigenvalue weighted by Crippen LogP contribution is 2.24. The van der Waals surface area contributed by atoms with E-state index < -0.39 is 0 Å². The lowest BCUT2D eigenvalue weighted by molar-refractivity contribution is 0.144. The summed E-state index contributed by atoms with van der Waals surface area (Å²) in [5.74, 6) is 0. The van der Waals surface area contributed by atoms with E-state index in [2.05, 4.69) is 57.0 Å². The second-order valence-electron chi connectivity index (χ2n) is 5.81. The molecule has 0 aliphatic heterocycles. The van der Waals surface area contributed by atoms with Crippen LogP contribution >= 0.6 is 0 Å². The molecule has 1 aromatic rings. The zero-order chi connectivity index (χ0) is 15.8. The van der Waals surface area contributed by atoms with E-state index >= 15 is 0 Å². The maximum absolute atomic E-state index is 5.22. The molecule has 21 heavy (non-hydrogen) atoms. The van der Waals surface area contributed by atoms with Crippen LogP contribution in [0.25, 0.3) is 0 Å². The molecule has 120 valence electrons. The number of hydrogen-bond donors (Lipinski definition) is 1. The third-order valence-electron chi connectivity index (χ3n) is 4.04. The summed E-state index contributed by atoms with van der Waals surface area (Å²) in [4.78, 5) is 2.45. The van der Waals surface area contributed by atoms with Gasteiger partial charge in [0.1, 0.15) is 0 Å². The van der Waals surface area contributed by atoms with Crippen molar-refractivity contribution in [1.82, 2.24) is 10.2 Å². The standard InChI is InChI=1S/C18H32N2O/c1-7-19-17(13-20(8-2)9-10-21-6)18-15(4)11-14(3)12-16(18)5/h11-12,17,19H,7-10,13H2,1-6H3. The lowest BCUT2D eigenvalue weighted by atomic mass is 9.93. The highest BCUT2D eigenvalue weighted by atomic mass is 16.5. The molecule has 0 saturated carbocycles. The molecular weight excluding hydrogens is 260 g/mol. The van der Waals surface area contributed by atoms with Gasteiger partial charge in [0.2, 0.25) is 0 Å². The van der Waals surface area contributed by atoms with Crippen molar-refractivity contribution >= 4 is 0 Å². The summed E-state index contributed by atoms with van der Waals surface area (Å²) in [5.41, 5.74) is 5.58. The third-order valence-corrected chi connectivity index (χ3v) is 4.04. The molecule has 0 saturated heterocycles. The molecule has 0 amide bonds. The van der Waals surface area contributed by atoms with Gasteiger partial charge in [-0.15, -0.1) is 0 Å². The van der Waals surface area contributed by atoms with Crippen molar-refractivity contribution < 1.29 is 4.74 Å². The summed E-state index contributed by atoms with van der Waals surface area (Å²) in [5, 5.41) is 3.66. The Morgan fingerprint density at radius 3 is 2.24 bits per heavy atom. The first-order valence-corrected chi connectivity index (χ1v) is 8.05. The molecule has 3 heteroatoms. The van der Waals surface area contributed by atoms with Crippen LogP contribution in [0.3, 0.4) is 0 Å². The van der Waals surface area contributed by atoms with Crippen molar-refractivity contribution in [3.63, 3.8) is 0 Å². The van der Waals surface area contributed by atoms with Crippen LogP contribution in [0.15, 0.2) is 12.1 Å². The first kappa shape index (κ1) is 18.1. The van der Waals surface area contributed by atoms with Gasteiger partial charge in [-0.05, 0) is 50.6 Å². The summed E-state index contributed by atoms with van der Waals surface area (Å²) in [6.45, 7) is 15.9. The number of nitrogens with one attached hydrogen (secondary N) is 1. The maximum Gasteiger partial charge on any atom is 0.0589 e. The van der Waals surface area contributed by atoms with Crippen LogP contribution in [0.5, 0.6) is 0 Å². The summed E-state index contributed by atoms with van der Waals surface area (Å²) >= 11 is 0. The number of benzene rings is 1. The largest absolute Gasteiger partial charge is 0.383 e. The second-order valence-corrected chi connectivity index (χ2v) is 5.81. The molecule has 0 aliphatic rings. The highest BCUT2D eigenvalue weighted by Gasteiger charge is 2.18. The van der Waals surface area contributed by atoms with Gasteiger partial charge in [-0.2, -0.15) is 0 Å². The molecule has 0 radical (unpaired) electrons. The van der Waals surface area contributed by atoms with Crippen molar-refractivity contribution in [3.05, 3.63) is 34.4 Å². The van der Waals surface area contributed by atoms with Gasteiger partial charge in [-0.3, -0.25) is 4.90 Å². The van der Waals surface area contributed by atoms with Gasteiger partial charge >= 0.3 is 0 Å². The summed E-state index contributed by atoms with van der Waals surface area (Å²) in [6.07, 6.45) is 0. The SMILES string of the molecule is CCNC(CN(CC)CCOC)c1c(C)cc(C)cc1C. The maximum atomic E-state index is 5.22. The van der Waals surface area contributed by atoms with Crippen molar-refractivity contribution in [2.45, 2.75) is 40.7 Å². The first-order chi connectivity index (χ1) is 10.0. The molecule has 0 heterocycles. The van der Waals surface area contributed by atoms with Crippen LogP contribution in [0.2, 0.25) is 0 Å². The Bertz CT molecular complexity index is 408. The molecule has 0 fully saturated rings. The fourth-order valence-electron chi connectivity index (χ4n) is 3.10. The minimum Gasteiger partial charge on any atom is -0.383 e. The van der Waals surface area contributed by atoms with Gasteiger partial charge in [0.05, 0.1) is 6.61 Å². The van der Waals surface area contributed by atoms with E-state index in [1.807, 2.05) is 0 Å². The number of rotatable bonds is 9. The van der Waals surface area contributed by atoms with Crippen LogP contribution in [0, 0.1) is 20.8 Å². The van der Waals surface area contributed by atoms with Crippen LogP contribution in [0.1, 0.15) is 42.1 Å². The Kier molecular flexibility index (Phi) is 7.94. The van der Waals surface area contributed by atoms with Gasteiger partial charge in [0.25, 0.3) is 0 Å². The fraction of sp³-hybridized carbons (Fsp3) is 0.667. The number of methoxy groups -OCH3 is 1. The van der Waals surface area contributed by atoms with Crippen LogP contribution in [-0.4, -0.2) is 44.8 Å². The van der Waals surface area contributed by atoms with Crippen molar-refractivity contribution in [3.8, 4) is 0 Å². The normalized spacial score (nSPS) is 12.9. The summed E-state index contributed by atoms with van der Waals surface area (Å²) < 4.78 is 5.22. The monoisotopic (exact) mass is 292 g/mol. The molecule has 1 atom stereocenters. The number of aryl methyl sites for hydroxylation is 3. The predicted molar refractivity (Wildman–Crippen MR) is 91.1 cm³/mol. The fourth-order valence-corrected chi connectivity index (χ4v) is 3.10. The minimum absolute atomic E-state index is 0.382. The van der Waals surface area contributed by atoms with Gasteiger partial charge in [0, 0.05) is 26.2 Å². The van der Waals surface area contributed by atoms with E-state index in [9.17, 15) is 0 Å². The quantitative estimate of drug-likeness (QED) is 0.756. The molecule has 0 bridgehead atoms. The predicted octanol–water partition coefficient (Wildman–Crippen LogP) is 3.23. The Morgan fingerprint density at radius 2 is 1.76 bits per heavy atom. The second kappa shape index (κ2) is 9.19. The topological polar surface area (TPSA) is 24.5 Å². The van der Waals surface area contributed by atoms with Gasteiger partial charge in [-0.1, -0.05) is 31.5 Å². The summed E-state index contributed by atoms with van der Waals surface area (Å²) in [7, 11) is 1.77. The number of ether oxygens (including phenoxy) is 1. The third kappa shape index (κ3) is 5.42. The van der Waals surface area contributed by atoms with Crippen LogP contribution in [0.4, 0.5) is 0 Å². The van der Waals surface area contributed by atoms with Crippen molar-refractivity contribution in [2.24, 2.45) is 0 Å².